The van der Waals surface area contributed by atoms with E-state index in [4.69, 9.17) is 9.47 Å². The molecule has 8 heteroatoms. The molecule has 0 saturated carbocycles. The smallest absolute Gasteiger partial charge is 0.264 e. The third-order valence-electron chi connectivity index (χ3n) is 5.95. The zero-order valence-corrected chi connectivity index (χ0v) is 21.6. The van der Waals surface area contributed by atoms with Crippen molar-refractivity contribution in [3.8, 4) is 11.5 Å². The van der Waals surface area contributed by atoms with Gasteiger partial charge < -0.3 is 14.8 Å². The van der Waals surface area contributed by atoms with Crippen molar-refractivity contribution in [3.05, 3.63) is 83.4 Å². The van der Waals surface area contributed by atoms with Gasteiger partial charge in [0.1, 0.15) is 18.0 Å². The summed E-state index contributed by atoms with van der Waals surface area (Å²) >= 11 is 0. The number of aryl methyl sites for hydroxylation is 2. The molecule has 0 aliphatic heterocycles. The molecule has 35 heavy (non-hydrogen) atoms. The van der Waals surface area contributed by atoms with Gasteiger partial charge in [-0.25, -0.2) is 8.42 Å². The summed E-state index contributed by atoms with van der Waals surface area (Å²) in [6, 6.07) is 18.6. The van der Waals surface area contributed by atoms with Gasteiger partial charge in [-0.1, -0.05) is 43.3 Å². The summed E-state index contributed by atoms with van der Waals surface area (Å²) in [4.78, 5) is 13.3. The molecule has 1 N–H and O–H groups in total. The molecule has 0 saturated heterocycles. The van der Waals surface area contributed by atoms with Crippen LogP contribution in [-0.4, -0.2) is 35.1 Å². The highest BCUT2D eigenvalue weighted by Crippen LogP contribution is 2.35. The van der Waals surface area contributed by atoms with Gasteiger partial charge >= 0.3 is 0 Å². The Morgan fingerprint density at radius 1 is 0.943 bits per heavy atom. The first-order valence-corrected chi connectivity index (χ1v) is 12.8. The van der Waals surface area contributed by atoms with Crippen molar-refractivity contribution in [3.63, 3.8) is 0 Å². The normalized spacial score (nSPS) is 12.0. The lowest BCUT2D eigenvalue weighted by Crippen LogP contribution is -2.42. The predicted octanol–water partition coefficient (Wildman–Crippen LogP) is 4.78. The van der Waals surface area contributed by atoms with Crippen LogP contribution in [0.4, 0.5) is 5.69 Å². The van der Waals surface area contributed by atoms with Gasteiger partial charge in [-0.2, -0.15) is 0 Å². The lowest BCUT2D eigenvalue weighted by Gasteiger charge is -2.27. The summed E-state index contributed by atoms with van der Waals surface area (Å²) in [7, 11) is -1.15. The van der Waals surface area contributed by atoms with E-state index in [1.807, 2.05) is 39.0 Å². The van der Waals surface area contributed by atoms with Crippen LogP contribution in [0.3, 0.4) is 0 Å². The van der Waals surface area contributed by atoms with E-state index in [1.54, 1.807) is 36.4 Å². The number of hydrogen-bond donors (Lipinski definition) is 1. The summed E-state index contributed by atoms with van der Waals surface area (Å²) in [5.74, 6) is 0.315. The molecule has 1 atom stereocenters. The van der Waals surface area contributed by atoms with E-state index in [-0.39, 0.29) is 16.6 Å². The first-order valence-electron chi connectivity index (χ1n) is 11.4. The van der Waals surface area contributed by atoms with Crippen LogP contribution in [0.5, 0.6) is 11.5 Å². The van der Waals surface area contributed by atoms with E-state index in [0.29, 0.717) is 17.9 Å². The Morgan fingerprint density at radius 2 is 1.66 bits per heavy atom. The lowest BCUT2D eigenvalue weighted by molar-refractivity contribution is -0.120. The van der Waals surface area contributed by atoms with Crippen molar-refractivity contribution in [2.45, 2.75) is 38.1 Å². The molecule has 186 valence electrons. The maximum absolute atomic E-state index is 13.7. The summed E-state index contributed by atoms with van der Waals surface area (Å²) in [6.45, 7) is 5.61. The number of amides is 1. The number of sulfonamides is 1. The van der Waals surface area contributed by atoms with Crippen LogP contribution in [0.1, 0.15) is 36.1 Å². The first kappa shape index (κ1) is 26.1. The number of anilines is 1. The molecule has 7 nitrogen and oxygen atoms in total. The average Bonchev–Trinajstić information content (AvgIpc) is 2.87. The van der Waals surface area contributed by atoms with Crippen LogP contribution in [-0.2, 0) is 14.8 Å². The Kier molecular flexibility index (Phi) is 8.40. The molecule has 0 aliphatic carbocycles. The standard InChI is InChI=1S/C27H32N2O5S/c1-6-24(21-13-12-19(2)20(3)16-21)28-27(30)18-29(35(31,32)23-10-8-7-9-11-23)25-17-22(33-4)14-15-26(25)34-5/h7-17,24H,6,18H2,1-5H3,(H,28,30). The minimum Gasteiger partial charge on any atom is -0.497 e. The Labute approximate surface area is 207 Å². The van der Waals surface area contributed by atoms with Gasteiger partial charge in [0.15, 0.2) is 0 Å². The second-order valence-corrected chi connectivity index (χ2v) is 10.1. The van der Waals surface area contributed by atoms with Crippen LogP contribution in [0.15, 0.2) is 71.6 Å². The topological polar surface area (TPSA) is 84.9 Å². The average molecular weight is 497 g/mol. The molecule has 0 heterocycles. The van der Waals surface area contributed by atoms with Crippen molar-refractivity contribution in [1.82, 2.24) is 5.32 Å². The summed E-state index contributed by atoms with van der Waals surface area (Å²) in [5, 5.41) is 3.00. The highest BCUT2D eigenvalue weighted by molar-refractivity contribution is 7.92. The molecule has 3 aromatic carbocycles. The zero-order valence-electron chi connectivity index (χ0n) is 20.7. The maximum Gasteiger partial charge on any atom is 0.264 e. The van der Waals surface area contributed by atoms with Crippen LogP contribution in [0.25, 0.3) is 0 Å². The quantitative estimate of drug-likeness (QED) is 0.437. The SMILES string of the molecule is CCC(NC(=O)CN(c1cc(OC)ccc1OC)S(=O)(=O)c1ccccc1)c1ccc(C)c(C)c1. The number of rotatable bonds is 10. The molecular formula is C27H32N2O5S. The summed E-state index contributed by atoms with van der Waals surface area (Å²) < 4.78 is 39.2. The van der Waals surface area contributed by atoms with Crippen LogP contribution >= 0.6 is 0 Å². The predicted molar refractivity (Wildman–Crippen MR) is 138 cm³/mol. The highest BCUT2D eigenvalue weighted by Gasteiger charge is 2.30. The van der Waals surface area contributed by atoms with Crippen molar-refractivity contribution >= 4 is 21.6 Å². The van der Waals surface area contributed by atoms with Crippen molar-refractivity contribution in [1.29, 1.82) is 0 Å². The van der Waals surface area contributed by atoms with Gasteiger partial charge in [0.05, 0.1) is 30.8 Å². The molecule has 0 bridgehead atoms. The molecule has 0 spiro atoms. The molecule has 3 rings (SSSR count). The van der Waals surface area contributed by atoms with Crippen LogP contribution < -0.4 is 19.1 Å². The fraction of sp³-hybridized carbons (Fsp3) is 0.296. The van der Waals surface area contributed by atoms with Gasteiger partial charge in [0, 0.05) is 6.07 Å². The minimum absolute atomic E-state index is 0.0684. The maximum atomic E-state index is 13.7. The second kappa shape index (κ2) is 11.3. The molecule has 0 aliphatic rings. The fourth-order valence-corrected chi connectivity index (χ4v) is 5.23. The Bertz CT molecular complexity index is 1280. The Morgan fingerprint density at radius 3 is 2.26 bits per heavy atom. The molecule has 1 unspecified atom stereocenters. The third kappa shape index (κ3) is 5.95. The van der Waals surface area contributed by atoms with E-state index in [9.17, 15) is 13.2 Å². The number of ether oxygens (including phenoxy) is 2. The van der Waals surface area contributed by atoms with Gasteiger partial charge in [0.2, 0.25) is 5.91 Å². The van der Waals surface area contributed by atoms with Gasteiger partial charge in [-0.05, 0) is 61.2 Å². The number of hydrogen-bond acceptors (Lipinski definition) is 5. The number of methoxy groups -OCH3 is 2. The number of benzene rings is 3. The van der Waals surface area contributed by atoms with Crippen molar-refractivity contribution in [2.24, 2.45) is 0 Å². The molecule has 0 aromatic heterocycles. The highest BCUT2D eigenvalue weighted by atomic mass is 32.2. The van der Waals surface area contributed by atoms with Gasteiger partial charge in [-0.3, -0.25) is 9.10 Å². The number of carbonyl (C=O) groups excluding carboxylic acids is 1. The van der Waals surface area contributed by atoms with Crippen molar-refractivity contribution in [2.75, 3.05) is 25.1 Å². The second-order valence-electron chi connectivity index (χ2n) is 8.23. The Balaban J connectivity index is 2.00. The molecule has 3 aromatic rings. The molecule has 0 radical (unpaired) electrons. The summed E-state index contributed by atoms with van der Waals surface area (Å²) in [5.41, 5.74) is 3.48. The molecule has 1 amide bonds. The van der Waals surface area contributed by atoms with E-state index in [2.05, 4.69) is 5.32 Å². The van der Waals surface area contributed by atoms with E-state index >= 15 is 0 Å². The summed E-state index contributed by atoms with van der Waals surface area (Å²) in [6.07, 6.45) is 0.655. The number of nitrogens with one attached hydrogen (secondary N) is 1. The zero-order chi connectivity index (χ0) is 25.6. The number of nitrogens with zero attached hydrogens (tertiary/aromatic N) is 1. The lowest BCUT2D eigenvalue weighted by atomic mass is 9.99. The fourth-order valence-electron chi connectivity index (χ4n) is 3.78. The monoisotopic (exact) mass is 496 g/mol. The van der Waals surface area contributed by atoms with E-state index in [0.717, 1.165) is 15.4 Å². The van der Waals surface area contributed by atoms with Crippen LogP contribution in [0, 0.1) is 13.8 Å². The van der Waals surface area contributed by atoms with Gasteiger partial charge in [-0.15, -0.1) is 0 Å². The first-order chi connectivity index (χ1) is 16.7. The Hall–Kier alpha value is -3.52. The van der Waals surface area contributed by atoms with Gasteiger partial charge in [0.25, 0.3) is 10.0 Å². The van der Waals surface area contributed by atoms with E-state index < -0.39 is 22.5 Å². The van der Waals surface area contributed by atoms with E-state index in [1.165, 1.54) is 31.9 Å². The molecule has 0 fully saturated rings. The van der Waals surface area contributed by atoms with Crippen LogP contribution in [0.2, 0.25) is 0 Å². The molecular weight excluding hydrogens is 464 g/mol. The third-order valence-corrected chi connectivity index (χ3v) is 7.72. The number of carbonyl (C=O) groups is 1. The van der Waals surface area contributed by atoms with Crippen molar-refractivity contribution < 1.29 is 22.7 Å². The minimum atomic E-state index is -4.09. The largest absolute Gasteiger partial charge is 0.497 e.